The van der Waals surface area contributed by atoms with Gasteiger partial charge in [0.1, 0.15) is 44.2 Å². The molecular formula is C61H92O14Si3. The summed E-state index contributed by atoms with van der Waals surface area (Å²) in [7, 11) is -8.84. The van der Waals surface area contributed by atoms with Gasteiger partial charge in [-0.05, 0) is 85.3 Å². The predicted octanol–water partition coefficient (Wildman–Crippen LogP) is 15.1. The van der Waals surface area contributed by atoms with Crippen molar-refractivity contribution in [1.29, 1.82) is 0 Å². The largest absolute Gasteiger partial charge is 0.504 e. The number of phenolic OH excluding ortho intramolecular Hbond substituents is 4. The molecule has 1 saturated heterocycles. The summed E-state index contributed by atoms with van der Waals surface area (Å²) in [6.07, 6.45) is -5.69. The third-order valence-corrected chi connectivity index (χ3v) is 34.6. The van der Waals surface area contributed by atoms with Crippen LogP contribution in [0.1, 0.15) is 156 Å². The predicted molar refractivity (Wildman–Crippen MR) is 313 cm³/mol. The minimum atomic E-state index is -2.97. The van der Waals surface area contributed by atoms with Crippen LogP contribution < -0.4 is 9.47 Å². The molecule has 1 heterocycles. The number of hydrogen-bond donors (Lipinski definition) is 4. The highest BCUT2D eigenvalue weighted by Gasteiger charge is 2.61. The minimum Gasteiger partial charge on any atom is -0.504 e. The zero-order chi connectivity index (χ0) is 58.2. The first-order valence-corrected chi connectivity index (χ1v) is 34.5. The van der Waals surface area contributed by atoms with E-state index in [1.165, 1.54) is 24.3 Å². The molecule has 0 amide bonds. The lowest BCUT2D eigenvalue weighted by molar-refractivity contribution is -0.276. The van der Waals surface area contributed by atoms with Crippen molar-refractivity contribution in [3.8, 4) is 34.5 Å². The molecule has 14 nitrogen and oxygen atoms in total. The van der Waals surface area contributed by atoms with E-state index >= 15 is 0 Å². The normalized spacial score (nSPS) is 18.6. The van der Waals surface area contributed by atoms with E-state index in [-0.39, 0.29) is 85.7 Å². The fourth-order valence-corrected chi connectivity index (χ4v) is 29.7. The summed E-state index contributed by atoms with van der Waals surface area (Å²) in [5, 5.41) is 44.9. The molecule has 432 valence electrons. The molecule has 5 rings (SSSR count). The van der Waals surface area contributed by atoms with Crippen molar-refractivity contribution in [2.24, 2.45) is 0 Å². The third kappa shape index (κ3) is 13.8. The van der Waals surface area contributed by atoms with E-state index in [9.17, 15) is 30.0 Å². The number of aromatic hydroxyl groups is 4. The molecule has 4 aromatic rings. The van der Waals surface area contributed by atoms with Crippen molar-refractivity contribution in [3.05, 3.63) is 107 Å². The van der Waals surface area contributed by atoms with Gasteiger partial charge >= 0.3 is 11.9 Å². The van der Waals surface area contributed by atoms with Crippen LogP contribution >= 0.6 is 0 Å². The molecule has 5 unspecified atom stereocenters. The Labute approximate surface area is 468 Å². The van der Waals surface area contributed by atoms with Crippen LogP contribution in [0.4, 0.5) is 0 Å². The smallest absolute Gasteiger partial charge is 0.340 e. The lowest BCUT2D eigenvalue weighted by Crippen LogP contribution is -2.70. The molecule has 1 aliphatic heterocycles. The quantitative estimate of drug-likeness (QED) is 0.0343. The highest BCUT2D eigenvalue weighted by atomic mass is 28.4. The molecular weight excluding hydrogens is 1040 g/mol. The fraction of sp³-hybridized carbons (Fsp3) is 0.574. The zero-order valence-corrected chi connectivity index (χ0v) is 52.7. The van der Waals surface area contributed by atoms with Gasteiger partial charge in [-0.25, -0.2) is 9.59 Å². The average molecular weight is 1130 g/mol. The maximum atomic E-state index is 14.9. The number of carbonyl (C=O) groups is 2. The Bertz CT molecular complexity index is 2460. The van der Waals surface area contributed by atoms with Gasteiger partial charge in [-0.3, -0.25) is 0 Å². The first-order chi connectivity index (χ1) is 36.6. The summed E-state index contributed by atoms with van der Waals surface area (Å²) in [4.78, 5) is 29.2. The van der Waals surface area contributed by atoms with E-state index < -0.39 is 97.2 Å². The van der Waals surface area contributed by atoms with Crippen molar-refractivity contribution in [2.45, 2.75) is 218 Å². The van der Waals surface area contributed by atoms with Gasteiger partial charge in [0.2, 0.25) is 42.7 Å². The van der Waals surface area contributed by atoms with Crippen molar-refractivity contribution in [1.82, 2.24) is 0 Å². The molecule has 0 aromatic heterocycles. The molecule has 4 aromatic carbocycles. The summed E-state index contributed by atoms with van der Waals surface area (Å²) in [6, 6.07) is 23.3. The minimum absolute atomic E-state index is 0.0454. The summed E-state index contributed by atoms with van der Waals surface area (Å²) < 4.78 is 55.4. The van der Waals surface area contributed by atoms with E-state index in [0.29, 0.717) is 0 Å². The second kappa shape index (κ2) is 27.0. The first kappa shape index (κ1) is 63.9. The number of benzene rings is 4. The van der Waals surface area contributed by atoms with Gasteiger partial charge in [0, 0.05) is 0 Å². The van der Waals surface area contributed by atoms with Crippen LogP contribution in [0.25, 0.3) is 0 Å². The summed E-state index contributed by atoms with van der Waals surface area (Å²) in [5.74, 6) is -4.11. The molecule has 0 aliphatic carbocycles. The standard InChI is InChI=1S/C61H92O14Si3/c1-36(2)76(37(3)4,38(5)6)73-56-53(35-70-59(66)47-29-49(62)54(50(63)30-47)68-33-45-25-21-19-22-26-45)71-61(72-60(67)48-31-51(64)55(52(65)32-48)69-34-46-27-23-20-24-28-46)58(75-78(42(13)14,43(15)16)44(17)18)57(56)74-77(39(7)8,40(9)10)41(11)12/h19-32,36-44,53,56-58,61-65H,33-35H2,1-18H3. The Morgan fingerprint density at radius 2 is 0.756 bits per heavy atom. The average Bonchev–Trinajstić information content (AvgIpc) is 3.55. The number of esters is 2. The second-order valence-electron chi connectivity index (χ2n) is 24.0. The van der Waals surface area contributed by atoms with Crippen LogP contribution in [0.2, 0.25) is 49.9 Å². The maximum absolute atomic E-state index is 14.9. The van der Waals surface area contributed by atoms with Crippen molar-refractivity contribution in [2.75, 3.05) is 6.61 Å². The van der Waals surface area contributed by atoms with Crippen LogP contribution in [0.5, 0.6) is 34.5 Å². The van der Waals surface area contributed by atoms with Gasteiger partial charge in [-0.1, -0.05) is 185 Å². The Kier molecular flexibility index (Phi) is 22.2. The van der Waals surface area contributed by atoms with Gasteiger partial charge in [0.25, 0.3) is 0 Å². The number of carbonyl (C=O) groups excluding carboxylic acids is 2. The van der Waals surface area contributed by atoms with Crippen LogP contribution in [-0.4, -0.2) is 94.6 Å². The maximum Gasteiger partial charge on any atom is 0.340 e. The van der Waals surface area contributed by atoms with E-state index in [0.717, 1.165) is 11.1 Å². The SMILES string of the molecule is CC(C)[Si](OC1C(COC(=O)c2cc(O)c(OCc3ccccc3)c(O)c2)OC(OC(=O)c2cc(O)c(OCc3ccccc3)c(O)c2)C(O[Si](C(C)C)(C(C)C)C(C)C)C1O[Si](C(C)C)(C(C)C)C(C)C)(C(C)C)C(C)C. The topological polar surface area (TPSA) is 189 Å². The Morgan fingerprint density at radius 1 is 0.449 bits per heavy atom. The van der Waals surface area contributed by atoms with E-state index in [1.54, 1.807) is 0 Å². The van der Waals surface area contributed by atoms with E-state index in [1.807, 2.05) is 60.7 Å². The first-order valence-electron chi connectivity index (χ1n) is 28.1. The van der Waals surface area contributed by atoms with Gasteiger partial charge in [-0.15, -0.1) is 0 Å². The molecule has 1 fully saturated rings. The summed E-state index contributed by atoms with van der Waals surface area (Å²) in [6.45, 7) is 39.1. The van der Waals surface area contributed by atoms with Crippen LogP contribution in [0, 0.1) is 0 Å². The lowest BCUT2D eigenvalue weighted by atomic mass is 9.99. The van der Waals surface area contributed by atoms with E-state index in [4.69, 9.17) is 37.0 Å². The molecule has 0 spiro atoms. The number of hydrogen-bond acceptors (Lipinski definition) is 14. The van der Waals surface area contributed by atoms with Gasteiger partial charge in [0.05, 0.1) is 11.1 Å². The molecule has 78 heavy (non-hydrogen) atoms. The Hall–Kier alpha value is -4.89. The molecule has 5 atom stereocenters. The van der Waals surface area contributed by atoms with Crippen molar-refractivity contribution in [3.63, 3.8) is 0 Å². The molecule has 0 radical (unpaired) electrons. The molecule has 17 heteroatoms. The lowest BCUT2D eigenvalue weighted by Gasteiger charge is -2.56. The Morgan fingerprint density at radius 3 is 1.09 bits per heavy atom. The fourth-order valence-electron chi connectivity index (χ4n) is 13.0. The number of ether oxygens (including phenoxy) is 5. The third-order valence-electron chi connectivity index (χ3n) is 16.4. The van der Waals surface area contributed by atoms with E-state index in [2.05, 4.69) is 125 Å². The number of rotatable bonds is 26. The highest BCUT2D eigenvalue weighted by molar-refractivity contribution is 6.79. The van der Waals surface area contributed by atoms with Gasteiger partial charge in [0.15, 0.2) is 23.0 Å². The van der Waals surface area contributed by atoms with Crippen LogP contribution in [0.3, 0.4) is 0 Å². The molecule has 4 N–H and O–H groups in total. The molecule has 0 saturated carbocycles. The monoisotopic (exact) mass is 1130 g/mol. The Balaban J connectivity index is 1.73. The summed E-state index contributed by atoms with van der Waals surface area (Å²) in [5.41, 5.74) is 1.95. The highest BCUT2D eigenvalue weighted by Crippen LogP contribution is 2.52. The number of phenols is 4. The van der Waals surface area contributed by atoms with Crippen LogP contribution in [-0.2, 0) is 40.7 Å². The molecule has 0 bridgehead atoms. The van der Waals surface area contributed by atoms with Gasteiger partial charge in [-0.2, -0.15) is 0 Å². The second-order valence-corrected chi connectivity index (χ2v) is 40.2. The van der Waals surface area contributed by atoms with Crippen molar-refractivity contribution >= 4 is 36.9 Å². The van der Waals surface area contributed by atoms with Crippen molar-refractivity contribution < 1.29 is 67.0 Å². The summed E-state index contributed by atoms with van der Waals surface area (Å²) >= 11 is 0. The zero-order valence-electron chi connectivity index (χ0n) is 49.7. The van der Waals surface area contributed by atoms with Crippen LogP contribution in [0.15, 0.2) is 84.9 Å². The van der Waals surface area contributed by atoms with Gasteiger partial charge < -0.3 is 57.4 Å². The molecule has 1 aliphatic rings.